The number of benzene rings is 2. The van der Waals surface area contributed by atoms with E-state index in [1.165, 1.54) is 12.5 Å². The summed E-state index contributed by atoms with van der Waals surface area (Å²) < 4.78 is 52.5. The SMILES string of the molecule is CCOC1(CN2CCC(C(CN3CCC3)(c3cccc(F)c3)[C@H]3CCC[C@@H]3OC(N)=O)CC2)CN(c2ccc(S(=O)(=O)C3CC3)cc2)C1. The lowest BCUT2D eigenvalue weighted by Gasteiger charge is -2.55. The van der Waals surface area contributed by atoms with Gasteiger partial charge in [-0.2, -0.15) is 0 Å². The highest BCUT2D eigenvalue weighted by Gasteiger charge is 2.54. The molecule has 3 saturated heterocycles. The summed E-state index contributed by atoms with van der Waals surface area (Å²) in [5, 5.41) is -0.208. The van der Waals surface area contributed by atoms with Gasteiger partial charge in [-0.25, -0.2) is 17.6 Å². The second kappa shape index (κ2) is 13.5. The number of nitrogens with two attached hydrogens (primary N) is 1. The number of hydrogen-bond donors (Lipinski definition) is 1. The van der Waals surface area contributed by atoms with Gasteiger partial charge in [0.1, 0.15) is 17.5 Å². The minimum atomic E-state index is -3.20. The summed E-state index contributed by atoms with van der Waals surface area (Å²) in [5.74, 6) is 0.143. The lowest BCUT2D eigenvalue weighted by Crippen LogP contribution is -2.68. The van der Waals surface area contributed by atoms with Crippen LogP contribution in [0.25, 0.3) is 0 Å². The molecule has 3 aliphatic heterocycles. The van der Waals surface area contributed by atoms with Gasteiger partial charge in [-0.3, -0.25) is 0 Å². The molecule has 11 heteroatoms. The predicted octanol–water partition coefficient (Wildman–Crippen LogP) is 4.98. The van der Waals surface area contributed by atoms with Gasteiger partial charge < -0.3 is 29.9 Å². The summed E-state index contributed by atoms with van der Waals surface area (Å²) in [6.45, 7) is 9.76. The number of likely N-dealkylation sites (tertiary alicyclic amines) is 2. The number of nitrogens with zero attached hydrogens (tertiary/aromatic N) is 3. The van der Waals surface area contributed by atoms with Crippen LogP contribution < -0.4 is 10.6 Å². The molecule has 1 unspecified atom stereocenters. The Balaban J connectivity index is 1.07. The minimum absolute atomic E-state index is 0.0737. The average molecular weight is 683 g/mol. The van der Waals surface area contributed by atoms with Crippen LogP contribution in [-0.4, -0.2) is 100 Å². The van der Waals surface area contributed by atoms with Gasteiger partial charge in [0.2, 0.25) is 0 Å². The summed E-state index contributed by atoms with van der Waals surface area (Å²) >= 11 is 0. The van der Waals surface area contributed by atoms with Crippen molar-refractivity contribution in [1.82, 2.24) is 9.80 Å². The Morgan fingerprint density at radius 2 is 1.69 bits per heavy atom. The summed E-state index contributed by atoms with van der Waals surface area (Å²) in [6.07, 6.45) is 6.31. The maximum Gasteiger partial charge on any atom is 0.404 e. The zero-order chi connectivity index (χ0) is 33.5. The maximum absolute atomic E-state index is 14.9. The van der Waals surface area contributed by atoms with Gasteiger partial charge in [0, 0.05) is 36.7 Å². The monoisotopic (exact) mass is 682 g/mol. The Morgan fingerprint density at radius 3 is 2.29 bits per heavy atom. The maximum atomic E-state index is 14.9. The van der Waals surface area contributed by atoms with Crippen LogP contribution in [0.5, 0.6) is 0 Å². The number of halogens is 1. The quantitative estimate of drug-likeness (QED) is 0.316. The van der Waals surface area contributed by atoms with Crippen LogP contribution in [0.15, 0.2) is 53.4 Å². The van der Waals surface area contributed by atoms with Gasteiger partial charge in [-0.1, -0.05) is 12.1 Å². The fourth-order valence-electron chi connectivity index (χ4n) is 9.39. The molecule has 2 saturated carbocycles. The van der Waals surface area contributed by atoms with E-state index in [1.54, 1.807) is 18.2 Å². The minimum Gasteiger partial charge on any atom is -0.446 e. The van der Waals surface area contributed by atoms with Crippen molar-refractivity contribution in [3.63, 3.8) is 0 Å². The third-order valence-corrected chi connectivity index (χ3v) is 14.2. The van der Waals surface area contributed by atoms with E-state index in [2.05, 4.69) is 20.8 Å². The smallest absolute Gasteiger partial charge is 0.404 e. The van der Waals surface area contributed by atoms with Crippen molar-refractivity contribution in [3.8, 4) is 0 Å². The number of carbonyl (C=O) groups is 1. The van der Waals surface area contributed by atoms with Crippen molar-refractivity contribution in [1.29, 1.82) is 0 Å². The van der Waals surface area contributed by atoms with E-state index in [0.29, 0.717) is 17.4 Å². The summed E-state index contributed by atoms with van der Waals surface area (Å²) in [7, 11) is -3.20. The molecule has 0 spiro atoms. The molecule has 2 N–H and O–H groups in total. The first-order chi connectivity index (χ1) is 23.1. The standard InChI is InChI=1S/C37H51FN4O5S/c1-2-46-36(24-42(25-36)30-10-12-31(13-11-30)48(44,45)32-14-15-32)23-41-20-16-27(17-21-41)37(26-40-18-5-19-40,28-6-3-7-29(38)22-28)33-8-4-9-34(33)47-35(39)43/h3,6-7,10-13,22,27,32-34H,2,4-5,8-9,14-21,23-26H2,1H3,(H2,39,43)/t33-,34-,37?/m0/s1. The van der Waals surface area contributed by atoms with Crippen molar-refractivity contribution in [2.75, 3.05) is 63.9 Å². The number of sulfone groups is 1. The van der Waals surface area contributed by atoms with E-state index in [1.807, 2.05) is 25.1 Å². The molecule has 2 aromatic rings. The fourth-order valence-corrected chi connectivity index (χ4v) is 11.0. The first kappa shape index (κ1) is 33.8. The molecular formula is C37H51FN4O5S. The molecular weight excluding hydrogens is 631 g/mol. The van der Waals surface area contributed by atoms with Crippen molar-refractivity contribution in [2.45, 2.75) is 85.6 Å². The van der Waals surface area contributed by atoms with E-state index in [9.17, 15) is 17.6 Å². The molecule has 3 atom stereocenters. The van der Waals surface area contributed by atoms with Crippen molar-refractivity contribution < 1.29 is 27.1 Å². The molecule has 0 radical (unpaired) electrons. The van der Waals surface area contributed by atoms with Gasteiger partial charge in [0.15, 0.2) is 9.84 Å². The van der Waals surface area contributed by atoms with Gasteiger partial charge in [0.05, 0.1) is 23.2 Å². The van der Waals surface area contributed by atoms with Crippen molar-refractivity contribution in [3.05, 3.63) is 59.9 Å². The Hall–Kier alpha value is -2.73. The van der Waals surface area contributed by atoms with Crippen LogP contribution in [0.1, 0.15) is 63.9 Å². The Kier molecular flexibility index (Phi) is 9.51. The molecule has 7 rings (SSSR count). The van der Waals surface area contributed by atoms with Crippen LogP contribution in [-0.2, 0) is 24.7 Å². The lowest BCUT2D eigenvalue weighted by atomic mass is 9.58. The van der Waals surface area contributed by atoms with Crippen LogP contribution in [0.3, 0.4) is 0 Å². The van der Waals surface area contributed by atoms with E-state index in [-0.39, 0.29) is 34.1 Å². The number of anilines is 1. The highest BCUT2D eigenvalue weighted by molar-refractivity contribution is 7.92. The number of ether oxygens (including phenoxy) is 2. The number of rotatable bonds is 13. The first-order valence-corrected chi connectivity index (χ1v) is 19.6. The number of primary amides is 1. The molecule has 0 bridgehead atoms. The molecule has 9 nitrogen and oxygen atoms in total. The Morgan fingerprint density at radius 1 is 0.958 bits per heavy atom. The molecule has 48 heavy (non-hydrogen) atoms. The van der Waals surface area contributed by atoms with Crippen molar-refractivity contribution in [2.24, 2.45) is 17.6 Å². The largest absolute Gasteiger partial charge is 0.446 e. The average Bonchev–Trinajstić information content (AvgIpc) is 3.80. The van der Waals surface area contributed by atoms with Gasteiger partial charge in [0.25, 0.3) is 0 Å². The van der Waals surface area contributed by atoms with Crippen LogP contribution in [0, 0.1) is 17.7 Å². The van der Waals surface area contributed by atoms with E-state index >= 15 is 0 Å². The zero-order valence-electron chi connectivity index (χ0n) is 28.2. The van der Waals surface area contributed by atoms with E-state index < -0.39 is 15.9 Å². The summed E-state index contributed by atoms with van der Waals surface area (Å²) in [6, 6.07) is 14.5. The van der Waals surface area contributed by atoms with E-state index in [4.69, 9.17) is 15.2 Å². The molecule has 262 valence electrons. The number of amides is 1. The third-order valence-electron chi connectivity index (χ3n) is 11.9. The first-order valence-electron chi connectivity index (χ1n) is 18.0. The Labute approximate surface area is 284 Å². The topological polar surface area (TPSA) is 105 Å². The molecule has 2 aromatic carbocycles. The van der Waals surface area contributed by atoms with E-state index in [0.717, 1.165) is 109 Å². The highest BCUT2D eigenvalue weighted by Crippen LogP contribution is 2.52. The van der Waals surface area contributed by atoms with Gasteiger partial charge >= 0.3 is 6.09 Å². The number of piperidine rings is 1. The molecule has 1 amide bonds. The van der Waals surface area contributed by atoms with Crippen molar-refractivity contribution >= 4 is 21.6 Å². The molecule has 3 heterocycles. The van der Waals surface area contributed by atoms with Gasteiger partial charge in [-0.15, -0.1) is 0 Å². The third kappa shape index (κ3) is 6.60. The van der Waals surface area contributed by atoms with Crippen LogP contribution >= 0.6 is 0 Å². The predicted molar refractivity (Wildman–Crippen MR) is 183 cm³/mol. The van der Waals surface area contributed by atoms with Crippen LogP contribution in [0.2, 0.25) is 0 Å². The number of hydrogen-bond acceptors (Lipinski definition) is 8. The Bertz CT molecular complexity index is 1550. The fraction of sp³-hybridized carbons (Fsp3) is 0.649. The molecule has 5 aliphatic rings. The lowest BCUT2D eigenvalue weighted by molar-refractivity contribution is -0.0866. The zero-order valence-corrected chi connectivity index (χ0v) is 29.0. The summed E-state index contributed by atoms with van der Waals surface area (Å²) in [4.78, 5) is 19.7. The molecule has 5 fully saturated rings. The second-order valence-corrected chi connectivity index (χ2v) is 17.2. The number of carbonyl (C=O) groups excluding carboxylic acids is 1. The molecule has 0 aromatic heterocycles. The van der Waals surface area contributed by atoms with Gasteiger partial charge in [-0.05, 0) is 132 Å². The van der Waals surface area contributed by atoms with Crippen LogP contribution in [0.4, 0.5) is 14.9 Å². The second-order valence-electron chi connectivity index (χ2n) is 15.0. The molecule has 2 aliphatic carbocycles. The normalized spacial score (nSPS) is 26.4. The highest BCUT2D eigenvalue weighted by atomic mass is 32.2. The summed E-state index contributed by atoms with van der Waals surface area (Å²) in [5.41, 5.74) is 6.99.